The number of carbonyl (C=O) groups excluding carboxylic acids is 1. The number of nitrogens with one attached hydrogen (secondary N) is 1. The molecular weight excluding hydrogens is 286 g/mol. The predicted molar refractivity (Wildman–Crippen MR) is 74.9 cm³/mol. The smallest absolute Gasteiger partial charge is 0.256 e. The summed E-state index contributed by atoms with van der Waals surface area (Å²) in [7, 11) is 0. The van der Waals surface area contributed by atoms with Crippen molar-refractivity contribution in [1.29, 1.82) is 0 Å². The highest BCUT2D eigenvalue weighted by Gasteiger charge is 2.15. The summed E-state index contributed by atoms with van der Waals surface area (Å²) in [6.45, 7) is 1.72. The molecule has 20 heavy (non-hydrogen) atoms. The first-order valence-corrected chi connectivity index (χ1v) is 6.08. The number of halogens is 3. The number of aryl methyl sites for hydroxylation is 1. The van der Waals surface area contributed by atoms with Gasteiger partial charge in [0.05, 0.1) is 10.7 Å². The van der Waals surface area contributed by atoms with Crippen molar-refractivity contribution in [3.63, 3.8) is 0 Å². The Labute approximate surface area is 119 Å². The molecule has 0 saturated heterocycles. The second kappa shape index (κ2) is 5.46. The van der Waals surface area contributed by atoms with E-state index in [2.05, 4.69) is 5.32 Å². The topological polar surface area (TPSA) is 55.1 Å². The summed E-state index contributed by atoms with van der Waals surface area (Å²) >= 11 is 5.72. The minimum atomic E-state index is -0.940. The van der Waals surface area contributed by atoms with Gasteiger partial charge in [0.25, 0.3) is 5.91 Å². The van der Waals surface area contributed by atoms with Gasteiger partial charge in [0.1, 0.15) is 5.82 Å². The number of nitrogen functional groups attached to an aromatic ring is 1. The van der Waals surface area contributed by atoms with Crippen LogP contribution in [0.15, 0.2) is 30.3 Å². The number of anilines is 2. The third-order valence-electron chi connectivity index (χ3n) is 2.75. The van der Waals surface area contributed by atoms with Gasteiger partial charge in [0.15, 0.2) is 5.82 Å². The Morgan fingerprint density at radius 2 is 1.95 bits per heavy atom. The molecule has 0 aromatic heterocycles. The van der Waals surface area contributed by atoms with Gasteiger partial charge >= 0.3 is 0 Å². The van der Waals surface area contributed by atoms with Gasteiger partial charge in [0.2, 0.25) is 0 Å². The van der Waals surface area contributed by atoms with Gasteiger partial charge in [0, 0.05) is 17.3 Å². The molecule has 0 bridgehead atoms. The van der Waals surface area contributed by atoms with E-state index in [9.17, 15) is 13.6 Å². The van der Waals surface area contributed by atoms with E-state index in [1.54, 1.807) is 19.1 Å². The van der Waals surface area contributed by atoms with E-state index in [4.69, 9.17) is 17.3 Å². The largest absolute Gasteiger partial charge is 0.399 e. The predicted octanol–water partition coefficient (Wildman–Crippen LogP) is 3.76. The molecular formula is C14H11ClF2N2O. The summed E-state index contributed by atoms with van der Waals surface area (Å²) in [6, 6.07) is 6.37. The van der Waals surface area contributed by atoms with Crippen molar-refractivity contribution in [1.82, 2.24) is 0 Å². The Hall–Kier alpha value is -2.14. The average Bonchev–Trinajstić information content (AvgIpc) is 2.36. The second-order valence-corrected chi connectivity index (χ2v) is 4.68. The molecule has 1 amide bonds. The van der Waals surface area contributed by atoms with E-state index < -0.39 is 17.5 Å². The Bertz CT molecular complexity index is 666. The first-order valence-electron chi connectivity index (χ1n) is 5.70. The van der Waals surface area contributed by atoms with Gasteiger partial charge in [-0.2, -0.15) is 0 Å². The standard InChI is InChI=1S/C14H11ClF2N2O/c1-7-2-3-9(18)6-10(7)14(20)19-13-11(15)4-8(16)5-12(13)17/h2-6H,18H2,1H3,(H,19,20). The summed E-state index contributed by atoms with van der Waals surface area (Å²) in [5, 5.41) is 2.11. The molecule has 0 aliphatic rings. The fourth-order valence-corrected chi connectivity index (χ4v) is 1.97. The molecule has 0 radical (unpaired) electrons. The van der Waals surface area contributed by atoms with Crippen LogP contribution < -0.4 is 11.1 Å². The van der Waals surface area contributed by atoms with Gasteiger partial charge in [-0.15, -0.1) is 0 Å². The molecule has 0 fully saturated rings. The van der Waals surface area contributed by atoms with Crippen LogP contribution in [0.1, 0.15) is 15.9 Å². The molecule has 0 unspecified atom stereocenters. The second-order valence-electron chi connectivity index (χ2n) is 4.27. The van der Waals surface area contributed by atoms with E-state index in [0.29, 0.717) is 22.9 Å². The molecule has 3 N–H and O–H groups in total. The molecule has 104 valence electrons. The summed E-state index contributed by atoms with van der Waals surface area (Å²) in [6.07, 6.45) is 0. The van der Waals surface area contributed by atoms with E-state index in [0.717, 1.165) is 6.07 Å². The lowest BCUT2D eigenvalue weighted by molar-refractivity contribution is 0.102. The Balaban J connectivity index is 2.35. The maximum Gasteiger partial charge on any atom is 0.256 e. The summed E-state index contributed by atoms with van der Waals surface area (Å²) in [4.78, 5) is 12.1. The van der Waals surface area contributed by atoms with Crippen LogP contribution in [0.2, 0.25) is 5.02 Å². The van der Waals surface area contributed by atoms with Crippen LogP contribution in [0, 0.1) is 18.6 Å². The third-order valence-corrected chi connectivity index (χ3v) is 3.05. The highest BCUT2D eigenvalue weighted by atomic mass is 35.5. The van der Waals surface area contributed by atoms with Crippen molar-refractivity contribution in [3.05, 3.63) is 58.1 Å². The zero-order chi connectivity index (χ0) is 14.9. The maximum absolute atomic E-state index is 13.6. The van der Waals surface area contributed by atoms with Gasteiger partial charge in [-0.1, -0.05) is 17.7 Å². The van der Waals surface area contributed by atoms with Crippen molar-refractivity contribution in [2.24, 2.45) is 0 Å². The Morgan fingerprint density at radius 1 is 1.25 bits per heavy atom. The zero-order valence-electron chi connectivity index (χ0n) is 10.5. The van der Waals surface area contributed by atoms with Gasteiger partial charge < -0.3 is 11.1 Å². The molecule has 6 heteroatoms. The molecule has 0 aliphatic carbocycles. The first-order chi connectivity index (χ1) is 9.38. The number of hydrogen-bond acceptors (Lipinski definition) is 2. The van der Waals surface area contributed by atoms with Crippen LogP contribution in [0.25, 0.3) is 0 Å². The van der Waals surface area contributed by atoms with Crippen LogP contribution in [-0.2, 0) is 0 Å². The average molecular weight is 297 g/mol. The zero-order valence-corrected chi connectivity index (χ0v) is 11.3. The van der Waals surface area contributed by atoms with E-state index in [1.165, 1.54) is 6.07 Å². The summed E-state index contributed by atoms with van der Waals surface area (Å²) in [5.74, 6) is -2.32. The molecule has 0 spiro atoms. The number of nitrogens with two attached hydrogens (primary N) is 1. The monoisotopic (exact) mass is 296 g/mol. The van der Waals surface area contributed by atoms with E-state index >= 15 is 0 Å². The van der Waals surface area contributed by atoms with Crippen LogP contribution in [0.3, 0.4) is 0 Å². The highest BCUT2D eigenvalue weighted by molar-refractivity contribution is 6.34. The lowest BCUT2D eigenvalue weighted by Gasteiger charge is -2.10. The van der Waals surface area contributed by atoms with E-state index in [1.807, 2.05) is 0 Å². The van der Waals surface area contributed by atoms with Crippen molar-refractivity contribution < 1.29 is 13.6 Å². The molecule has 2 aromatic rings. The van der Waals surface area contributed by atoms with Crippen molar-refractivity contribution in [2.45, 2.75) is 6.92 Å². The fourth-order valence-electron chi connectivity index (χ4n) is 1.73. The SMILES string of the molecule is Cc1ccc(N)cc1C(=O)Nc1c(F)cc(F)cc1Cl. The summed E-state index contributed by atoms with van der Waals surface area (Å²) < 4.78 is 26.5. The number of rotatable bonds is 2. The van der Waals surface area contributed by atoms with Crippen molar-refractivity contribution in [2.75, 3.05) is 11.1 Å². The number of amides is 1. The van der Waals surface area contributed by atoms with Crippen LogP contribution in [-0.4, -0.2) is 5.91 Å². The van der Waals surface area contributed by atoms with Gasteiger partial charge in [-0.25, -0.2) is 8.78 Å². The maximum atomic E-state index is 13.6. The third kappa shape index (κ3) is 2.88. The van der Waals surface area contributed by atoms with Crippen LogP contribution >= 0.6 is 11.6 Å². The van der Waals surface area contributed by atoms with Gasteiger partial charge in [-0.05, 0) is 30.7 Å². The lowest BCUT2D eigenvalue weighted by Crippen LogP contribution is -2.15. The Kier molecular flexibility index (Phi) is 3.90. The molecule has 2 rings (SSSR count). The van der Waals surface area contributed by atoms with Crippen LogP contribution in [0.5, 0.6) is 0 Å². The van der Waals surface area contributed by atoms with Crippen molar-refractivity contribution in [3.8, 4) is 0 Å². The summed E-state index contributed by atoms with van der Waals surface area (Å²) in [5.41, 5.74) is 6.73. The minimum absolute atomic E-state index is 0.211. The lowest BCUT2D eigenvalue weighted by atomic mass is 10.1. The number of benzene rings is 2. The normalized spacial score (nSPS) is 10.4. The fraction of sp³-hybridized carbons (Fsp3) is 0.0714. The number of hydrogen-bond donors (Lipinski definition) is 2. The van der Waals surface area contributed by atoms with Crippen LogP contribution in [0.4, 0.5) is 20.2 Å². The number of carbonyl (C=O) groups is 1. The molecule has 0 heterocycles. The molecule has 2 aromatic carbocycles. The molecule has 0 saturated carbocycles. The quantitative estimate of drug-likeness (QED) is 0.829. The van der Waals surface area contributed by atoms with E-state index in [-0.39, 0.29) is 10.7 Å². The van der Waals surface area contributed by atoms with Gasteiger partial charge in [-0.3, -0.25) is 4.79 Å². The Morgan fingerprint density at radius 3 is 2.60 bits per heavy atom. The highest BCUT2D eigenvalue weighted by Crippen LogP contribution is 2.27. The molecule has 0 atom stereocenters. The molecule has 0 aliphatic heterocycles. The van der Waals surface area contributed by atoms with Crippen molar-refractivity contribution >= 4 is 28.9 Å². The molecule has 3 nitrogen and oxygen atoms in total. The minimum Gasteiger partial charge on any atom is -0.399 e. The first kappa shape index (κ1) is 14.3.